The zero-order valence-corrected chi connectivity index (χ0v) is 18.7. The van der Waals surface area contributed by atoms with Crippen molar-refractivity contribution < 1.29 is 23.0 Å². The number of aliphatic hydroxyl groups excluding tert-OH is 1. The van der Waals surface area contributed by atoms with E-state index in [9.17, 15) is 13.5 Å². The average molecular weight is 442 g/mol. The molecular formula is C24H27NO5S. The van der Waals surface area contributed by atoms with E-state index in [0.29, 0.717) is 22.6 Å². The van der Waals surface area contributed by atoms with Crippen molar-refractivity contribution in [3.8, 4) is 11.5 Å². The van der Waals surface area contributed by atoms with Crippen molar-refractivity contribution in [1.82, 2.24) is 4.31 Å². The zero-order chi connectivity index (χ0) is 22.4. The maximum atomic E-state index is 13.5. The maximum absolute atomic E-state index is 13.5. The van der Waals surface area contributed by atoms with Gasteiger partial charge in [-0.3, -0.25) is 0 Å². The summed E-state index contributed by atoms with van der Waals surface area (Å²) in [6.45, 7) is 1.88. The lowest BCUT2D eigenvalue weighted by Gasteiger charge is -2.25. The van der Waals surface area contributed by atoms with Gasteiger partial charge in [-0.1, -0.05) is 54.1 Å². The first-order chi connectivity index (χ1) is 14.8. The Labute approximate surface area is 183 Å². The lowest BCUT2D eigenvalue weighted by molar-refractivity contribution is 0.145. The fourth-order valence-electron chi connectivity index (χ4n) is 3.26. The molecule has 3 aromatic rings. The normalized spacial score (nSPS) is 12.5. The Bertz CT molecular complexity index is 1100. The largest absolute Gasteiger partial charge is 0.493 e. The molecule has 1 atom stereocenters. The Balaban J connectivity index is 1.96. The highest BCUT2D eigenvalue weighted by atomic mass is 32.2. The summed E-state index contributed by atoms with van der Waals surface area (Å²) >= 11 is 0. The van der Waals surface area contributed by atoms with Crippen LogP contribution in [0.25, 0.3) is 0 Å². The summed E-state index contributed by atoms with van der Waals surface area (Å²) in [5.41, 5.74) is 2.34. The lowest BCUT2D eigenvalue weighted by Crippen LogP contribution is -2.34. The van der Waals surface area contributed by atoms with E-state index >= 15 is 0 Å². The third-order valence-corrected chi connectivity index (χ3v) is 6.85. The minimum absolute atomic E-state index is 0.0699. The van der Waals surface area contributed by atoms with Crippen molar-refractivity contribution in [2.24, 2.45) is 0 Å². The van der Waals surface area contributed by atoms with Crippen molar-refractivity contribution in [2.75, 3.05) is 20.8 Å². The molecular weight excluding hydrogens is 414 g/mol. The third-order valence-electron chi connectivity index (χ3n) is 5.03. The van der Waals surface area contributed by atoms with Gasteiger partial charge in [-0.2, -0.15) is 4.31 Å². The molecule has 164 valence electrons. The van der Waals surface area contributed by atoms with Crippen molar-refractivity contribution in [3.05, 3.63) is 89.5 Å². The van der Waals surface area contributed by atoms with E-state index in [1.165, 1.54) is 11.4 Å². The van der Waals surface area contributed by atoms with Gasteiger partial charge >= 0.3 is 0 Å². The number of rotatable bonds is 9. The molecule has 3 aromatic carbocycles. The topological polar surface area (TPSA) is 76.1 Å². The molecule has 0 fully saturated rings. The molecule has 0 amide bonds. The van der Waals surface area contributed by atoms with E-state index in [0.717, 1.165) is 5.56 Å². The number of methoxy groups -OCH3 is 2. The van der Waals surface area contributed by atoms with Gasteiger partial charge in [0.05, 0.1) is 25.2 Å². The molecule has 6 nitrogen and oxygen atoms in total. The van der Waals surface area contributed by atoms with Crippen LogP contribution < -0.4 is 9.47 Å². The number of nitrogens with zero attached hydrogens (tertiary/aromatic N) is 1. The standard InChI is InChI=1S/C24H27NO5S/c1-18-9-12-21(13-10-18)31(27,28)25(17-22(26)20-7-5-4-6-8-20)16-19-11-14-23(29-2)24(15-19)30-3/h4-15,22,26H,16-17H2,1-3H3. The number of ether oxygens (including phenoxy) is 2. The van der Waals surface area contributed by atoms with Crippen LogP contribution in [-0.2, 0) is 16.6 Å². The SMILES string of the molecule is COc1ccc(CN(CC(O)c2ccccc2)S(=O)(=O)c2ccc(C)cc2)cc1OC. The number of sulfonamides is 1. The zero-order valence-electron chi connectivity index (χ0n) is 17.9. The van der Waals surface area contributed by atoms with E-state index in [1.54, 1.807) is 61.7 Å². The summed E-state index contributed by atoms with van der Waals surface area (Å²) in [7, 11) is -0.780. The van der Waals surface area contributed by atoms with Gasteiger partial charge in [-0.25, -0.2) is 8.42 Å². The molecule has 1 N–H and O–H groups in total. The first kappa shape index (κ1) is 22.8. The highest BCUT2D eigenvalue weighted by molar-refractivity contribution is 7.89. The summed E-state index contributed by atoms with van der Waals surface area (Å²) in [4.78, 5) is 0.179. The molecule has 1 unspecified atom stereocenters. The number of aryl methyl sites for hydroxylation is 1. The quantitative estimate of drug-likeness (QED) is 0.544. The molecule has 0 saturated heterocycles. The monoisotopic (exact) mass is 441 g/mol. The van der Waals surface area contributed by atoms with Crippen LogP contribution in [0.4, 0.5) is 0 Å². The van der Waals surface area contributed by atoms with Gasteiger partial charge in [-0.15, -0.1) is 0 Å². The van der Waals surface area contributed by atoms with E-state index in [2.05, 4.69) is 0 Å². The van der Waals surface area contributed by atoms with E-state index in [4.69, 9.17) is 9.47 Å². The minimum Gasteiger partial charge on any atom is -0.493 e. The summed E-state index contributed by atoms with van der Waals surface area (Å²) in [6, 6.07) is 21.0. The van der Waals surface area contributed by atoms with Gasteiger partial charge in [0, 0.05) is 13.1 Å². The Morgan fingerprint density at radius 1 is 0.903 bits per heavy atom. The van der Waals surface area contributed by atoms with Gasteiger partial charge in [0.2, 0.25) is 10.0 Å². The fourth-order valence-corrected chi connectivity index (χ4v) is 4.70. The van der Waals surface area contributed by atoms with Crippen molar-refractivity contribution in [3.63, 3.8) is 0 Å². The molecule has 0 aliphatic heterocycles. The molecule has 0 radical (unpaired) electrons. The number of benzene rings is 3. The molecule has 0 heterocycles. The van der Waals surface area contributed by atoms with Crippen molar-refractivity contribution in [1.29, 1.82) is 0 Å². The second-order valence-corrected chi connectivity index (χ2v) is 9.16. The second kappa shape index (κ2) is 9.96. The molecule has 7 heteroatoms. The van der Waals surface area contributed by atoms with Crippen LogP contribution in [0.2, 0.25) is 0 Å². The molecule has 0 spiro atoms. The van der Waals surface area contributed by atoms with E-state index < -0.39 is 16.1 Å². The van der Waals surface area contributed by atoms with Crippen LogP contribution in [0, 0.1) is 6.92 Å². The molecule has 0 aliphatic carbocycles. The summed E-state index contributed by atoms with van der Waals surface area (Å²) in [5, 5.41) is 10.8. The van der Waals surface area contributed by atoms with Gasteiger partial charge in [-0.05, 0) is 42.3 Å². The fraction of sp³-hybridized carbons (Fsp3) is 0.250. The van der Waals surface area contributed by atoms with Crippen LogP contribution in [0.15, 0.2) is 77.7 Å². The maximum Gasteiger partial charge on any atom is 0.243 e. The summed E-state index contributed by atoms with van der Waals surface area (Å²) in [6.07, 6.45) is -0.971. The third kappa shape index (κ3) is 5.44. The Hall–Kier alpha value is -2.87. The van der Waals surface area contributed by atoms with Gasteiger partial charge < -0.3 is 14.6 Å². The highest BCUT2D eigenvalue weighted by Gasteiger charge is 2.27. The van der Waals surface area contributed by atoms with Crippen LogP contribution in [0.3, 0.4) is 0 Å². The summed E-state index contributed by atoms with van der Waals surface area (Å²) in [5.74, 6) is 1.07. The number of hydrogen-bond acceptors (Lipinski definition) is 5. The number of hydrogen-bond donors (Lipinski definition) is 1. The smallest absolute Gasteiger partial charge is 0.243 e. The Kier molecular flexibility index (Phi) is 7.33. The van der Waals surface area contributed by atoms with Gasteiger partial charge in [0.1, 0.15) is 0 Å². The predicted octanol–water partition coefficient (Wildman–Crippen LogP) is 3.94. The highest BCUT2D eigenvalue weighted by Crippen LogP contribution is 2.30. The summed E-state index contributed by atoms with van der Waals surface area (Å²) < 4.78 is 38.8. The van der Waals surface area contributed by atoms with Crippen molar-refractivity contribution in [2.45, 2.75) is 24.5 Å². The first-order valence-corrected chi connectivity index (χ1v) is 11.3. The number of aliphatic hydroxyl groups is 1. The average Bonchev–Trinajstić information content (AvgIpc) is 2.79. The molecule has 0 saturated carbocycles. The lowest BCUT2D eigenvalue weighted by atomic mass is 10.1. The van der Waals surface area contributed by atoms with Gasteiger partial charge in [0.25, 0.3) is 0 Å². The molecule has 31 heavy (non-hydrogen) atoms. The Morgan fingerprint density at radius 2 is 1.55 bits per heavy atom. The second-order valence-electron chi connectivity index (χ2n) is 7.23. The van der Waals surface area contributed by atoms with Crippen molar-refractivity contribution >= 4 is 10.0 Å². The molecule has 3 rings (SSSR count). The van der Waals surface area contributed by atoms with E-state index in [-0.39, 0.29) is 18.0 Å². The Morgan fingerprint density at radius 3 is 2.16 bits per heavy atom. The minimum atomic E-state index is -3.85. The van der Waals surface area contributed by atoms with Gasteiger partial charge in [0.15, 0.2) is 11.5 Å². The van der Waals surface area contributed by atoms with Crippen LogP contribution in [0.1, 0.15) is 22.8 Å². The van der Waals surface area contributed by atoms with Crippen LogP contribution >= 0.6 is 0 Å². The molecule has 0 aromatic heterocycles. The molecule has 0 aliphatic rings. The molecule has 0 bridgehead atoms. The van der Waals surface area contributed by atoms with Crippen LogP contribution in [-0.4, -0.2) is 38.6 Å². The van der Waals surface area contributed by atoms with E-state index in [1.807, 2.05) is 25.1 Å². The van der Waals surface area contributed by atoms with Crippen LogP contribution in [0.5, 0.6) is 11.5 Å². The first-order valence-electron chi connectivity index (χ1n) is 9.86. The predicted molar refractivity (Wildman–Crippen MR) is 120 cm³/mol.